The van der Waals surface area contributed by atoms with Gasteiger partial charge in [-0.3, -0.25) is 4.98 Å². The van der Waals surface area contributed by atoms with Crippen molar-refractivity contribution in [2.24, 2.45) is 10.9 Å². The molecule has 0 saturated heterocycles. The van der Waals surface area contributed by atoms with Crippen LogP contribution in [0.25, 0.3) is 0 Å². The van der Waals surface area contributed by atoms with E-state index in [4.69, 9.17) is 38.5 Å². The molecule has 0 aliphatic rings. The molecule has 1 heterocycles. The molecule has 27 heavy (non-hydrogen) atoms. The molecule has 0 aliphatic carbocycles. The fourth-order valence-corrected chi connectivity index (χ4v) is 2.52. The third-order valence-corrected chi connectivity index (χ3v) is 3.95. The van der Waals surface area contributed by atoms with Gasteiger partial charge in [0.05, 0.1) is 5.56 Å². The van der Waals surface area contributed by atoms with Gasteiger partial charge in [0.1, 0.15) is 15.8 Å². The quantitative estimate of drug-likeness (QED) is 0.290. The Kier molecular flexibility index (Phi) is 5.90. The Morgan fingerprint density at radius 2 is 1.56 bits per heavy atom. The number of carbonyl (C=O) groups is 1. The zero-order valence-electron chi connectivity index (χ0n) is 13.8. The molecule has 0 spiro atoms. The molecule has 0 unspecified atom stereocenters. The van der Waals surface area contributed by atoms with Crippen LogP contribution in [-0.2, 0) is 4.84 Å². The highest BCUT2D eigenvalue weighted by Gasteiger charge is 2.10. The topological polar surface area (TPSA) is 86.8 Å². The second-order valence-electron chi connectivity index (χ2n) is 5.28. The number of hydrogen-bond donors (Lipinski definition) is 1. The third kappa shape index (κ3) is 4.75. The Morgan fingerprint density at radius 1 is 0.926 bits per heavy atom. The first-order valence-electron chi connectivity index (χ1n) is 7.72. The smallest absolute Gasteiger partial charge is 0.365 e. The lowest BCUT2D eigenvalue weighted by atomic mass is 10.2. The predicted octanol–water partition coefficient (Wildman–Crippen LogP) is 4.66. The molecule has 0 radical (unpaired) electrons. The van der Waals surface area contributed by atoms with Crippen molar-refractivity contribution in [1.29, 1.82) is 0 Å². The lowest BCUT2D eigenvalue weighted by molar-refractivity contribution is 0.0516. The number of oxime groups is 1. The number of aromatic nitrogens is 1. The standard InChI is InChI=1S/C19H13Cl2N3O3/c20-15-10-23-11-16(21)17(15)26-14-8-6-12(7-9-14)18(22)24-27-19(25)13-4-2-1-3-5-13/h1-11H,(H2,22,24). The first kappa shape index (κ1) is 18.7. The maximum absolute atomic E-state index is 11.9. The van der Waals surface area contributed by atoms with Crippen molar-refractivity contribution in [3.63, 3.8) is 0 Å². The average Bonchev–Trinajstić information content (AvgIpc) is 2.70. The van der Waals surface area contributed by atoms with E-state index in [1.165, 1.54) is 12.4 Å². The van der Waals surface area contributed by atoms with Gasteiger partial charge in [-0.15, -0.1) is 0 Å². The fourth-order valence-electron chi connectivity index (χ4n) is 2.08. The molecule has 8 heteroatoms. The van der Waals surface area contributed by atoms with E-state index in [0.29, 0.717) is 32.7 Å². The summed E-state index contributed by atoms with van der Waals surface area (Å²) in [5.74, 6) is 0.244. The van der Waals surface area contributed by atoms with Gasteiger partial charge in [-0.2, -0.15) is 0 Å². The number of pyridine rings is 1. The van der Waals surface area contributed by atoms with Crippen LogP contribution >= 0.6 is 23.2 Å². The first-order chi connectivity index (χ1) is 13.0. The van der Waals surface area contributed by atoms with Gasteiger partial charge < -0.3 is 15.3 Å². The fraction of sp³-hybridized carbons (Fsp3) is 0. The number of halogens is 2. The van der Waals surface area contributed by atoms with Gasteiger partial charge >= 0.3 is 5.97 Å². The van der Waals surface area contributed by atoms with Gasteiger partial charge in [0, 0.05) is 18.0 Å². The molecular formula is C19H13Cl2N3O3. The molecule has 2 N–H and O–H groups in total. The van der Waals surface area contributed by atoms with Crippen LogP contribution in [0.5, 0.6) is 11.5 Å². The lowest BCUT2D eigenvalue weighted by Crippen LogP contribution is -2.15. The summed E-state index contributed by atoms with van der Waals surface area (Å²) in [6.07, 6.45) is 2.87. The van der Waals surface area contributed by atoms with E-state index < -0.39 is 5.97 Å². The number of ether oxygens (including phenoxy) is 1. The van der Waals surface area contributed by atoms with Crippen LogP contribution in [0, 0.1) is 0 Å². The van der Waals surface area contributed by atoms with E-state index in [2.05, 4.69) is 10.1 Å². The molecule has 1 aromatic heterocycles. The van der Waals surface area contributed by atoms with Gasteiger partial charge in [-0.05, 0) is 36.4 Å². The van der Waals surface area contributed by atoms with E-state index in [1.807, 2.05) is 0 Å². The zero-order chi connectivity index (χ0) is 19.2. The number of amidine groups is 1. The van der Waals surface area contributed by atoms with Crippen LogP contribution in [0.4, 0.5) is 0 Å². The molecule has 2 aromatic carbocycles. The van der Waals surface area contributed by atoms with Crippen molar-refractivity contribution >= 4 is 35.0 Å². The maximum Gasteiger partial charge on any atom is 0.365 e. The Balaban J connectivity index is 1.68. The van der Waals surface area contributed by atoms with Crippen LogP contribution in [0.15, 0.2) is 72.1 Å². The van der Waals surface area contributed by atoms with Gasteiger partial charge in [0.15, 0.2) is 11.6 Å². The minimum atomic E-state index is -0.597. The number of hydrogen-bond acceptors (Lipinski definition) is 5. The summed E-state index contributed by atoms with van der Waals surface area (Å²) < 4.78 is 5.66. The maximum atomic E-state index is 11.9. The highest BCUT2D eigenvalue weighted by molar-refractivity contribution is 6.36. The SMILES string of the molecule is N/C(=N\OC(=O)c1ccccc1)c1ccc(Oc2c(Cl)cncc2Cl)cc1. The van der Waals surface area contributed by atoms with Crippen LogP contribution in [0.3, 0.4) is 0 Å². The number of benzene rings is 2. The van der Waals surface area contributed by atoms with Gasteiger partial charge in [-0.25, -0.2) is 4.79 Å². The van der Waals surface area contributed by atoms with E-state index in [0.717, 1.165) is 0 Å². The van der Waals surface area contributed by atoms with Crippen molar-refractivity contribution in [3.8, 4) is 11.5 Å². The second-order valence-corrected chi connectivity index (χ2v) is 6.09. The van der Waals surface area contributed by atoms with Gasteiger partial charge in [0.25, 0.3) is 0 Å². The van der Waals surface area contributed by atoms with Crippen molar-refractivity contribution < 1.29 is 14.4 Å². The predicted molar refractivity (Wildman–Crippen MR) is 103 cm³/mol. The van der Waals surface area contributed by atoms with Crippen molar-refractivity contribution in [2.75, 3.05) is 0 Å². The van der Waals surface area contributed by atoms with Crippen LogP contribution in [0.1, 0.15) is 15.9 Å². The van der Waals surface area contributed by atoms with E-state index in [1.54, 1.807) is 54.6 Å². The molecule has 136 valence electrons. The zero-order valence-corrected chi connectivity index (χ0v) is 15.3. The monoisotopic (exact) mass is 401 g/mol. The molecule has 0 fully saturated rings. The van der Waals surface area contributed by atoms with Crippen molar-refractivity contribution in [2.45, 2.75) is 0 Å². The molecule has 0 bridgehead atoms. The van der Waals surface area contributed by atoms with Crippen molar-refractivity contribution in [1.82, 2.24) is 4.98 Å². The Morgan fingerprint density at radius 3 is 2.19 bits per heavy atom. The van der Waals surface area contributed by atoms with Gasteiger partial charge in [-0.1, -0.05) is 46.6 Å². The summed E-state index contributed by atoms with van der Waals surface area (Å²) in [4.78, 5) is 20.6. The summed E-state index contributed by atoms with van der Waals surface area (Å²) in [6.45, 7) is 0. The average molecular weight is 402 g/mol. The summed E-state index contributed by atoms with van der Waals surface area (Å²) in [5, 5.41) is 4.25. The third-order valence-electron chi connectivity index (χ3n) is 3.42. The van der Waals surface area contributed by atoms with Gasteiger partial charge in [0.2, 0.25) is 0 Å². The Labute approximate surface area is 165 Å². The van der Waals surface area contributed by atoms with Crippen LogP contribution in [0.2, 0.25) is 10.0 Å². The molecular weight excluding hydrogens is 389 g/mol. The molecule has 6 nitrogen and oxygen atoms in total. The van der Waals surface area contributed by atoms with Crippen LogP contribution in [-0.4, -0.2) is 16.8 Å². The summed E-state index contributed by atoms with van der Waals surface area (Å²) in [7, 11) is 0. The summed E-state index contributed by atoms with van der Waals surface area (Å²) in [5.41, 5.74) is 6.78. The number of carbonyl (C=O) groups excluding carboxylic acids is 1. The highest BCUT2D eigenvalue weighted by atomic mass is 35.5. The van der Waals surface area contributed by atoms with Crippen LogP contribution < -0.4 is 10.5 Å². The first-order valence-corrected chi connectivity index (χ1v) is 8.47. The normalized spacial score (nSPS) is 11.1. The van der Waals surface area contributed by atoms with E-state index >= 15 is 0 Å². The molecule has 0 amide bonds. The lowest BCUT2D eigenvalue weighted by Gasteiger charge is -2.09. The molecule has 0 atom stereocenters. The summed E-state index contributed by atoms with van der Waals surface area (Å²) in [6, 6.07) is 15.1. The minimum Gasteiger partial charge on any atom is -0.454 e. The largest absolute Gasteiger partial charge is 0.454 e. The van der Waals surface area contributed by atoms with Crippen molar-refractivity contribution in [3.05, 3.63) is 88.2 Å². The second kappa shape index (κ2) is 8.53. The highest BCUT2D eigenvalue weighted by Crippen LogP contribution is 2.35. The van der Waals surface area contributed by atoms with E-state index in [9.17, 15) is 4.79 Å². The Hall–Kier alpha value is -3.09. The molecule has 0 saturated carbocycles. The molecule has 3 rings (SSSR count). The number of rotatable bonds is 5. The molecule has 3 aromatic rings. The summed E-state index contributed by atoms with van der Waals surface area (Å²) >= 11 is 12.0. The Bertz CT molecular complexity index is 957. The van der Waals surface area contributed by atoms with E-state index in [-0.39, 0.29) is 5.84 Å². The molecule has 0 aliphatic heterocycles. The number of nitrogens with two attached hydrogens (primary N) is 1. The minimum absolute atomic E-state index is 0.0470. The number of nitrogens with zero attached hydrogens (tertiary/aromatic N) is 2.